The second-order valence-electron chi connectivity index (χ2n) is 4.72. The van der Waals surface area contributed by atoms with Gasteiger partial charge in [0.25, 0.3) is 0 Å². The van der Waals surface area contributed by atoms with Crippen LogP contribution in [-0.4, -0.2) is 39.5 Å². The summed E-state index contributed by atoms with van der Waals surface area (Å²) in [5.41, 5.74) is 1.65. The van der Waals surface area contributed by atoms with Crippen LogP contribution in [0.5, 0.6) is 5.75 Å². The van der Waals surface area contributed by atoms with E-state index in [1.54, 1.807) is 6.07 Å². The Morgan fingerprint density at radius 2 is 2.06 bits per heavy atom. The Hall–Kier alpha value is -1.27. The average Bonchev–Trinajstić information content (AvgIpc) is 2.26. The molecule has 5 nitrogen and oxygen atoms in total. The van der Waals surface area contributed by atoms with Crippen molar-refractivity contribution in [2.75, 3.05) is 24.9 Å². The smallest absolute Gasteiger partial charge is 0.303 e. The predicted molar refractivity (Wildman–Crippen MR) is 71.2 cm³/mol. The van der Waals surface area contributed by atoms with E-state index in [1.807, 2.05) is 26.0 Å². The Kier molecular flexibility index (Phi) is 3.25. The first-order valence-electron chi connectivity index (χ1n) is 5.80. The lowest BCUT2D eigenvalue weighted by molar-refractivity contribution is 0.218. The van der Waals surface area contributed by atoms with Crippen molar-refractivity contribution < 1.29 is 13.2 Å². The molecular weight excluding hydrogens is 252 g/mol. The van der Waals surface area contributed by atoms with Crippen molar-refractivity contribution in [1.29, 1.82) is 0 Å². The van der Waals surface area contributed by atoms with E-state index >= 15 is 0 Å². The van der Waals surface area contributed by atoms with Crippen molar-refractivity contribution in [3.63, 3.8) is 0 Å². The monoisotopic (exact) mass is 270 g/mol. The third-order valence-corrected chi connectivity index (χ3v) is 4.70. The van der Waals surface area contributed by atoms with Gasteiger partial charge >= 0.3 is 10.2 Å². The molecule has 0 spiro atoms. The summed E-state index contributed by atoms with van der Waals surface area (Å²) in [6.07, 6.45) is -0.158. The first kappa shape index (κ1) is 13.2. The second-order valence-corrected chi connectivity index (χ2v) is 6.79. The second kappa shape index (κ2) is 4.44. The molecule has 6 heteroatoms. The summed E-state index contributed by atoms with van der Waals surface area (Å²) in [5.74, 6) is 0.624. The van der Waals surface area contributed by atoms with Gasteiger partial charge in [-0.15, -0.1) is 0 Å². The molecule has 1 atom stereocenters. The maximum Gasteiger partial charge on any atom is 0.303 e. The molecule has 100 valence electrons. The topological polar surface area (TPSA) is 49.9 Å². The van der Waals surface area contributed by atoms with Gasteiger partial charge in [-0.25, -0.2) is 0 Å². The number of aryl methyl sites for hydroxylation is 1. The zero-order valence-corrected chi connectivity index (χ0v) is 11.9. The first-order chi connectivity index (χ1) is 8.32. The van der Waals surface area contributed by atoms with Gasteiger partial charge in [-0.1, -0.05) is 6.07 Å². The summed E-state index contributed by atoms with van der Waals surface area (Å²) >= 11 is 0. The van der Waals surface area contributed by atoms with Crippen molar-refractivity contribution in [3.05, 3.63) is 23.8 Å². The third-order valence-electron chi connectivity index (χ3n) is 2.88. The van der Waals surface area contributed by atoms with E-state index in [0.717, 1.165) is 5.56 Å². The van der Waals surface area contributed by atoms with Crippen molar-refractivity contribution in [2.45, 2.75) is 20.0 Å². The molecule has 0 saturated heterocycles. The number of benzene rings is 1. The summed E-state index contributed by atoms with van der Waals surface area (Å²) in [4.78, 5) is 0. The van der Waals surface area contributed by atoms with Crippen molar-refractivity contribution >= 4 is 15.9 Å². The van der Waals surface area contributed by atoms with E-state index in [2.05, 4.69) is 0 Å². The molecule has 0 saturated carbocycles. The summed E-state index contributed by atoms with van der Waals surface area (Å²) in [7, 11) is -0.410. The van der Waals surface area contributed by atoms with Crippen LogP contribution in [0, 0.1) is 6.92 Å². The van der Waals surface area contributed by atoms with E-state index in [-0.39, 0.29) is 6.10 Å². The lowest BCUT2D eigenvalue weighted by atomic mass is 10.2. The maximum atomic E-state index is 12.3. The summed E-state index contributed by atoms with van der Waals surface area (Å²) in [5, 5.41) is 0. The fraction of sp³-hybridized carbons (Fsp3) is 0.500. The minimum absolute atomic E-state index is 0.158. The standard InChI is InChI=1S/C12H18N2O3S/c1-9-5-6-11-12(7-9)17-10(2)8-14(11)18(15,16)13(3)4/h5-7,10H,8H2,1-4H3/t10-/m0/s1. The Bertz CT molecular complexity index is 554. The van der Waals surface area contributed by atoms with Gasteiger partial charge in [0.15, 0.2) is 0 Å². The molecule has 1 aliphatic rings. The number of rotatable bonds is 2. The fourth-order valence-corrected chi connectivity index (χ4v) is 3.12. The molecule has 1 heterocycles. The van der Waals surface area contributed by atoms with Gasteiger partial charge in [0, 0.05) is 14.1 Å². The van der Waals surface area contributed by atoms with Gasteiger partial charge in [-0.05, 0) is 31.5 Å². The minimum atomic E-state index is -3.47. The van der Waals surface area contributed by atoms with E-state index in [0.29, 0.717) is 18.0 Å². The van der Waals surface area contributed by atoms with Gasteiger partial charge in [0.05, 0.1) is 12.2 Å². The molecule has 0 amide bonds. The number of hydrogen-bond acceptors (Lipinski definition) is 3. The highest BCUT2D eigenvalue weighted by atomic mass is 32.2. The molecule has 0 radical (unpaired) electrons. The SMILES string of the molecule is Cc1ccc2c(c1)O[C@@H](C)CN2S(=O)(=O)N(C)C. The van der Waals surface area contributed by atoms with E-state index < -0.39 is 10.2 Å². The molecule has 0 aromatic heterocycles. The van der Waals surface area contributed by atoms with Crippen LogP contribution in [0.15, 0.2) is 18.2 Å². The molecule has 0 unspecified atom stereocenters. The lowest BCUT2D eigenvalue weighted by Crippen LogP contribution is -2.47. The van der Waals surface area contributed by atoms with Crippen LogP contribution in [0.3, 0.4) is 0 Å². The number of hydrogen-bond donors (Lipinski definition) is 0. The molecule has 0 fully saturated rings. The van der Waals surface area contributed by atoms with Gasteiger partial charge in [0.2, 0.25) is 0 Å². The third kappa shape index (κ3) is 2.18. The van der Waals surface area contributed by atoms with Crippen molar-refractivity contribution in [1.82, 2.24) is 4.31 Å². The van der Waals surface area contributed by atoms with E-state index in [9.17, 15) is 8.42 Å². The molecule has 1 aromatic carbocycles. The summed E-state index contributed by atoms with van der Waals surface area (Å²) in [6.45, 7) is 4.15. The molecule has 0 N–H and O–H groups in total. The molecule has 2 rings (SSSR count). The van der Waals surface area contributed by atoms with E-state index in [1.165, 1.54) is 22.7 Å². The highest BCUT2D eigenvalue weighted by Crippen LogP contribution is 2.36. The Morgan fingerprint density at radius 1 is 1.39 bits per heavy atom. The van der Waals surface area contributed by atoms with Gasteiger partial charge in [-0.3, -0.25) is 4.31 Å². The quantitative estimate of drug-likeness (QED) is 0.816. The van der Waals surface area contributed by atoms with Crippen molar-refractivity contribution in [2.24, 2.45) is 0 Å². The summed E-state index contributed by atoms with van der Waals surface area (Å²) in [6, 6.07) is 5.54. The molecule has 0 aliphatic carbocycles. The largest absolute Gasteiger partial charge is 0.487 e. The molecule has 0 bridgehead atoms. The van der Waals surface area contributed by atoms with Crippen LogP contribution in [0.25, 0.3) is 0 Å². The van der Waals surface area contributed by atoms with Crippen LogP contribution in [-0.2, 0) is 10.2 Å². The predicted octanol–water partition coefficient (Wildman–Crippen LogP) is 1.39. The van der Waals surface area contributed by atoms with Gasteiger partial charge in [-0.2, -0.15) is 12.7 Å². The first-order valence-corrected chi connectivity index (χ1v) is 7.19. The van der Waals surface area contributed by atoms with Crippen LogP contribution >= 0.6 is 0 Å². The Balaban J connectivity index is 2.53. The number of fused-ring (bicyclic) bond motifs is 1. The van der Waals surface area contributed by atoms with Crippen LogP contribution < -0.4 is 9.04 Å². The highest BCUT2D eigenvalue weighted by molar-refractivity contribution is 7.90. The summed E-state index contributed by atoms with van der Waals surface area (Å²) < 4.78 is 32.9. The molecular formula is C12H18N2O3S. The maximum absolute atomic E-state index is 12.3. The Morgan fingerprint density at radius 3 is 2.67 bits per heavy atom. The number of ether oxygens (including phenoxy) is 1. The lowest BCUT2D eigenvalue weighted by Gasteiger charge is -2.35. The molecule has 1 aromatic rings. The van der Waals surface area contributed by atoms with Crippen LogP contribution in [0.2, 0.25) is 0 Å². The van der Waals surface area contributed by atoms with Crippen LogP contribution in [0.4, 0.5) is 5.69 Å². The van der Waals surface area contributed by atoms with Gasteiger partial charge in [0.1, 0.15) is 11.9 Å². The zero-order valence-electron chi connectivity index (χ0n) is 11.0. The average molecular weight is 270 g/mol. The molecule has 1 aliphatic heterocycles. The minimum Gasteiger partial charge on any atom is -0.487 e. The number of nitrogens with zero attached hydrogens (tertiary/aromatic N) is 2. The Labute approximate surface area is 108 Å². The fourth-order valence-electron chi connectivity index (χ4n) is 1.92. The van der Waals surface area contributed by atoms with Gasteiger partial charge < -0.3 is 4.74 Å². The highest BCUT2D eigenvalue weighted by Gasteiger charge is 2.32. The van der Waals surface area contributed by atoms with Crippen molar-refractivity contribution in [3.8, 4) is 5.75 Å². The normalized spacial score (nSPS) is 19.6. The number of anilines is 1. The van der Waals surface area contributed by atoms with E-state index in [4.69, 9.17) is 4.74 Å². The zero-order chi connectivity index (χ0) is 13.5. The molecule has 18 heavy (non-hydrogen) atoms. The van der Waals surface area contributed by atoms with Crippen LogP contribution in [0.1, 0.15) is 12.5 Å².